The van der Waals surface area contributed by atoms with Crippen LogP contribution in [0.3, 0.4) is 0 Å². The van der Waals surface area contributed by atoms with Crippen molar-refractivity contribution in [3.8, 4) is 33.4 Å². The van der Waals surface area contributed by atoms with Crippen molar-refractivity contribution in [1.82, 2.24) is 0 Å². The van der Waals surface area contributed by atoms with Crippen LogP contribution in [0.5, 0.6) is 0 Å². The van der Waals surface area contributed by atoms with Crippen molar-refractivity contribution in [2.45, 2.75) is 24.7 Å². The van der Waals surface area contributed by atoms with E-state index < -0.39 is 5.41 Å². The highest BCUT2D eigenvalue weighted by molar-refractivity contribution is 6.29. The predicted molar refractivity (Wildman–Crippen MR) is 248 cm³/mol. The van der Waals surface area contributed by atoms with Crippen molar-refractivity contribution in [2.75, 3.05) is 4.90 Å². The van der Waals surface area contributed by atoms with Gasteiger partial charge in [0.25, 0.3) is 0 Å². The number of rotatable bonds is 3. The van der Waals surface area contributed by atoms with Gasteiger partial charge < -0.3 is 4.90 Å². The number of hydrogen-bond donors (Lipinski definition) is 0. The lowest BCUT2D eigenvalue weighted by Crippen LogP contribution is -2.26. The van der Waals surface area contributed by atoms with Gasteiger partial charge >= 0.3 is 0 Å². The van der Waals surface area contributed by atoms with E-state index in [2.05, 4.69) is 219 Å². The third-order valence-corrected chi connectivity index (χ3v) is 14.0. The summed E-state index contributed by atoms with van der Waals surface area (Å²) in [5, 5.41) is 7.63. The molecule has 0 N–H and O–H groups in total. The predicted octanol–water partition coefficient (Wildman–Crippen LogP) is 15.3. The van der Waals surface area contributed by atoms with Gasteiger partial charge in [0.05, 0.1) is 16.8 Å². The minimum Gasteiger partial charge on any atom is -0.310 e. The Morgan fingerprint density at radius 2 is 0.729 bits per heavy atom. The van der Waals surface area contributed by atoms with Crippen molar-refractivity contribution in [3.63, 3.8) is 0 Å². The maximum absolute atomic E-state index is 2.61. The fourth-order valence-electron chi connectivity index (χ4n) is 11.8. The summed E-state index contributed by atoms with van der Waals surface area (Å²) in [4.78, 5) is 2.61. The number of hydrogen-bond acceptors (Lipinski definition) is 1. The summed E-state index contributed by atoms with van der Waals surface area (Å²) in [6.45, 7) is 4.82. The van der Waals surface area contributed by atoms with Gasteiger partial charge in [-0.25, -0.2) is 0 Å². The van der Waals surface area contributed by atoms with E-state index in [4.69, 9.17) is 0 Å². The summed E-state index contributed by atoms with van der Waals surface area (Å²) >= 11 is 0. The number of anilines is 3. The zero-order chi connectivity index (χ0) is 39.0. The molecule has 13 rings (SSSR count). The zero-order valence-electron chi connectivity index (χ0n) is 33.0. The van der Waals surface area contributed by atoms with Crippen LogP contribution in [0.4, 0.5) is 17.1 Å². The second kappa shape index (κ2) is 11.7. The highest BCUT2D eigenvalue weighted by Gasteiger charge is 2.52. The minimum atomic E-state index is -0.448. The molecule has 0 heterocycles. The molecule has 0 saturated carbocycles. The molecule has 0 aliphatic heterocycles. The van der Waals surface area contributed by atoms with Gasteiger partial charge in [-0.1, -0.05) is 190 Å². The van der Waals surface area contributed by atoms with Gasteiger partial charge in [-0.3, -0.25) is 0 Å². The van der Waals surface area contributed by atoms with Crippen molar-refractivity contribution in [1.29, 1.82) is 0 Å². The first-order valence-electron chi connectivity index (χ1n) is 20.9. The van der Waals surface area contributed by atoms with E-state index in [0.717, 1.165) is 5.69 Å². The SMILES string of the molecule is CC1(C)c2ccccc2-c2cccc(N(c3ccc4c(c3)C3(c5ccccc5-c5ccccc53)c3ccccc3-4)c3cccc4c5ccccc5c5ccccc5c34)c21. The van der Waals surface area contributed by atoms with Crippen molar-refractivity contribution in [2.24, 2.45) is 0 Å². The van der Waals surface area contributed by atoms with Crippen LogP contribution in [0.1, 0.15) is 47.2 Å². The summed E-state index contributed by atoms with van der Waals surface area (Å²) in [6, 6.07) is 75.5. The first kappa shape index (κ1) is 32.8. The lowest BCUT2D eigenvalue weighted by atomic mass is 9.70. The number of benzene rings is 10. The Bertz CT molecular complexity index is 3330. The Kier molecular flexibility index (Phi) is 6.50. The van der Waals surface area contributed by atoms with E-state index in [9.17, 15) is 0 Å². The number of fused-ring (bicyclic) bond motifs is 19. The Hall–Kier alpha value is -7.22. The summed E-state index contributed by atoms with van der Waals surface area (Å²) < 4.78 is 0. The highest BCUT2D eigenvalue weighted by Crippen LogP contribution is 2.64. The van der Waals surface area contributed by atoms with Gasteiger partial charge in [-0.05, 0) is 118 Å². The molecular weight excluding hydrogens is 711 g/mol. The summed E-state index contributed by atoms with van der Waals surface area (Å²) in [7, 11) is 0. The van der Waals surface area contributed by atoms with Crippen LogP contribution in [0.25, 0.3) is 65.7 Å². The van der Waals surface area contributed by atoms with Gasteiger partial charge in [0.15, 0.2) is 0 Å². The Labute approximate surface area is 344 Å². The monoisotopic (exact) mass is 749 g/mol. The van der Waals surface area contributed by atoms with Crippen LogP contribution in [0, 0.1) is 0 Å². The quantitative estimate of drug-likeness (QED) is 0.163. The molecule has 59 heavy (non-hydrogen) atoms. The molecule has 3 aliphatic rings. The second-order valence-corrected chi connectivity index (χ2v) is 17.1. The van der Waals surface area contributed by atoms with Gasteiger partial charge in [0, 0.05) is 16.5 Å². The molecule has 0 fully saturated rings. The molecule has 0 bridgehead atoms. The Morgan fingerprint density at radius 3 is 1.32 bits per heavy atom. The summed E-state index contributed by atoms with van der Waals surface area (Å²) in [5.74, 6) is 0. The van der Waals surface area contributed by atoms with Crippen LogP contribution in [0.15, 0.2) is 200 Å². The Balaban J connectivity index is 1.17. The van der Waals surface area contributed by atoms with Gasteiger partial charge in [0.2, 0.25) is 0 Å². The van der Waals surface area contributed by atoms with Crippen LogP contribution in [-0.2, 0) is 10.8 Å². The third kappa shape index (κ3) is 4.09. The highest BCUT2D eigenvalue weighted by atomic mass is 15.1. The van der Waals surface area contributed by atoms with E-state index in [1.807, 2.05) is 0 Å². The molecular formula is C58H39N. The molecule has 1 heteroatoms. The normalized spacial score (nSPS) is 14.5. The van der Waals surface area contributed by atoms with Gasteiger partial charge in [-0.15, -0.1) is 0 Å². The fourth-order valence-corrected chi connectivity index (χ4v) is 11.8. The smallest absolute Gasteiger partial charge is 0.0726 e. The number of nitrogens with zero attached hydrogens (tertiary/aromatic N) is 1. The molecule has 0 unspecified atom stereocenters. The summed E-state index contributed by atoms with van der Waals surface area (Å²) in [6.07, 6.45) is 0. The molecule has 0 amide bonds. The zero-order valence-corrected chi connectivity index (χ0v) is 33.0. The van der Waals surface area contributed by atoms with Crippen LogP contribution >= 0.6 is 0 Å². The standard InChI is InChI=1S/C58H39N/c1-57(2)48-27-11-7-23-43(48)47-26-16-32-54(56(47)57)59(53-31-15-25-46-39-18-4-3-17-37(39)38-19-5-6-24-45(38)55(46)53)36-33-34-44-42-22-10-14-30-51(42)58(52(44)35-36)49-28-12-8-20-40(49)41-21-9-13-29-50(41)58/h3-35H,1-2H3. The van der Waals surface area contributed by atoms with Crippen LogP contribution in [0.2, 0.25) is 0 Å². The molecule has 0 radical (unpaired) electrons. The van der Waals surface area contributed by atoms with Crippen LogP contribution < -0.4 is 4.90 Å². The molecule has 1 spiro atoms. The molecule has 1 nitrogen and oxygen atoms in total. The van der Waals surface area contributed by atoms with E-state index >= 15 is 0 Å². The average Bonchev–Trinajstić information content (AvgIpc) is 3.85. The molecule has 10 aromatic carbocycles. The first-order chi connectivity index (χ1) is 29.1. The molecule has 0 aromatic heterocycles. The first-order valence-corrected chi connectivity index (χ1v) is 20.9. The summed E-state index contributed by atoms with van der Waals surface area (Å²) in [5.41, 5.74) is 18.9. The lowest BCUT2D eigenvalue weighted by Gasteiger charge is -2.35. The maximum Gasteiger partial charge on any atom is 0.0726 e. The van der Waals surface area contributed by atoms with Crippen molar-refractivity contribution in [3.05, 3.63) is 234 Å². The maximum atomic E-state index is 2.61. The molecule has 0 atom stereocenters. The fraction of sp³-hybridized carbons (Fsp3) is 0.0690. The van der Waals surface area contributed by atoms with Gasteiger partial charge in [-0.2, -0.15) is 0 Å². The van der Waals surface area contributed by atoms with E-state index in [1.165, 1.54) is 110 Å². The molecule has 3 aliphatic carbocycles. The second-order valence-electron chi connectivity index (χ2n) is 17.1. The molecule has 10 aromatic rings. The molecule has 276 valence electrons. The Morgan fingerprint density at radius 1 is 0.322 bits per heavy atom. The van der Waals surface area contributed by atoms with Gasteiger partial charge in [0.1, 0.15) is 0 Å². The van der Waals surface area contributed by atoms with E-state index in [1.54, 1.807) is 0 Å². The minimum absolute atomic E-state index is 0.225. The largest absolute Gasteiger partial charge is 0.310 e. The molecule has 0 saturated heterocycles. The van der Waals surface area contributed by atoms with Crippen molar-refractivity contribution >= 4 is 49.4 Å². The average molecular weight is 750 g/mol. The third-order valence-electron chi connectivity index (χ3n) is 14.0. The van der Waals surface area contributed by atoms with E-state index in [0.29, 0.717) is 0 Å². The van der Waals surface area contributed by atoms with E-state index in [-0.39, 0.29) is 5.41 Å². The topological polar surface area (TPSA) is 3.24 Å². The van der Waals surface area contributed by atoms with Crippen LogP contribution in [-0.4, -0.2) is 0 Å². The van der Waals surface area contributed by atoms with Crippen molar-refractivity contribution < 1.29 is 0 Å². The lowest BCUT2D eigenvalue weighted by molar-refractivity contribution is 0.661.